The third kappa shape index (κ3) is 2.02. The Morgan fingerprint density at radius 2 is 2.27 bits per heavy atom. The van der Waals surface area contributed by atoms with E-state index < -0.39 is 0 Å². The SMILES string of the molecule is Br.CNC(=O)c1ccc2c(c1)C(N)=NC2. The Morgan fingerprint density at radius 3 is 2.93 bits per heavy atom. The van der Waals surface area contributed by atoms with Crippen molar-refractivity contribution in [2.75, 3.05) is 7.05 Å². The van der Waals surface area contributed by atoms with E-state index in [1.165, 1.54) is 0 Å². The molecule has 0 saturated heterocycles. The lowest BCUT2D eigenvalue weighted by Gasteiger charge is -2.03. The molecule has 1 aliphatic rings. The summed E-state index contributed by atoms with van der Waals surface area (Å²) in [6, 6.07) is 5.45. The lowest BCUT2D eigenvalue weighted by atomic mass is 10.0. The van der Waals surface area contributed by atoms with Crippen LogP contribution < -0.4 is 11.1 Å². The van der Waals surface area contributed by atoms with E-state index in [1.54, 1.807) is 19.2 Å². The van der Waals surface area contributed by atoms with Gasteiger partial charge < -0.3 is 11.1 Å². The zero-order valence-corrected chi connectivity index (χ0v) is 9.99. The second kappa shape index (κ2) is 4.44. The van der Waals surface area contributed by atoms with Crippen molar-refractivity contribution in [3.8, 4) is 0 Å². The number of aliphatic imine (C=N–C) groups is 1. The Kier molecular flexibility index (Phi) is 3.47. The summed E-state index contributed by atoms with van der Waals surface area (Å²) in [7, 11) is 1.60. The van der Waals surface area contributed by atoms with Crippen molar-refractivity contribution in [2.45, 2.75) is 6.54 Å². The molecule has 1 aromatic carbocycles. The van der Waals surface area contributed by atoms with E-state index in [0.717, 1.165) is 11.1 Å². The van der Waals surface area contributed by atoms with E-state index in [2.05, 4.69) is 10.3 Å². The third-order valence-corrected chi connectivity index (χ3v) is 2.29. The largest absolute Gasteiger partial charge is 0.383 e. The van der Waals surface area contributed by atoms with Crippen molar-refractivity contribution >= 4 is 28.7 Å². The third-order valence-electron chi connectivity index (χ3n) is 2.29. The molecule has 3 N–H and O–H groups in total. The fraction of sp³-hybridized carbons (Fsp3) is 0.200. The van der Waals surface area contributed by atoms with Crippen LogP contribution in [0.1, 0.15) is 21.5 Å². The second-order valence-electron chi connectivity index (χ2n) is 3.15. The van der Waals surface area contributed by atoms with Gasteiger partial charge in [-0.2, -0.15) is 0 Å². The first kappa shape index (κ1) is 11.7. The number of rotatable bonds is 1. The monoisotopic (exact) mass is 269 g/mol. The smallest absolute Gasteiger partial charge is 0.251 e. The molecule has 0 atom stereocenters. The van der Waals surface area contributed by atoms with Gasteiger partial charge >= 0.3 is 0 Å². The van der Waals surface area contributed by atoms with Crippen molar-refractivity contribution < 1.29 is 4.79 Å². The summed E-state index contributed by atoms with van der Waals surface area (Å²) in [5.74, 6) is 0.415. The Hall–Kier alpha value is -1.36. The lowest BCUT2D eigenvalue weighted by Crippen LogP contribution is -2.19. The van der Waals surface area contributed by atoms with Crippen molar-refractivity contribution in [2.24, 2.45) is 10.7 Å². The molecule has 80 valence electrons. The number of benzene rings is 1. The molecule has 2 rings (SSSR count). The van der Waals surface area contributed by atoms with Crippen molar-refractivity contribution in [1.29, 1.82) is 0 Å². The number of hydrogen-bond donors (Lipinski definition) is 2. The Morgan fingerprint density at radius 1 is 1.53 bits per heavy atom. The minimum Gasteiger partial charge on any atom is -0.383 e. The van der Waals surface area contributed by atoms with Crippen LogP contribution in [0.15, 0.2) is 23.2 Å². The van der Waals surface area contributed by atoms with E-state index in [4.69, 9.17) is 5.73 Å². The normalized spacial score (nSPS) is 12.5. The lowest BCUT2D eigenvalue weighted by molar-refractivity contribution is 0.0963. The molecule has 0 unspecified atom stereocenters. The molecule has 1 heterocycles. The maximum Gasteiger partial charge on any atom is 0.251 e. The van der Waals surface area contributed by atoms with Crippen LogP contribution in [0.25, 0.3) is 0 Å². The maximum atomic E-state index is 11.3. The van der Waals surface area contributed by atoms with Gasteiger partial charge in [-0.05, 0) is 17.7 Å². The van der Waals surface area contributed by atoms with Crippen LogP contribution in [-0.4, -0.2) is 18.8 Å². The van der Waals surface area contributed by atoms with Gasteiger partial charge in [0.05, 0.1) is 6.54 Å². The molecule has 1 amide bonds. The molecule has 0 aliphatic carbocycles. The first-order valence-electron chi connectivity index (χ1n) is 4.37. The second-order valence-corrected chi connectivity index (χ2v) is 3.15. The average molecular weight is 270 g/mol. The van der Waals surface area contributed by atoms with E-state index in [1.807, 2.05) is 6.07 Å². The summed E-state index contributed by atoms with van der Waals surface area (Å²) < 4.78 is 0. The molecule has 1 aliphatic heterocycles. The molecular formula is C10H12BrN3O. The quantitative estimate of drug-likeness (QED) is 0.794. The molecule has 0 saturated carbocycles. The molecule has 5 heteroatoms. The van der Waals surface area contributed by atoms with Gasteiger partial charge in [-0.1, -0.05) is 6.07 Å². The highest BCUT2D eigenvalue weighted by atomic mass is 79.9. The van der Waals surface area contributed by atoms with Crippen molar-refractivity contribution in [3.63, 3.8) is 0 Å². The molecule has 0 bridgehead atoms. The number of hydrogen-bond acceptors (Lipinski definition) is 3. The van der Waals surface area contributed by atoms with E-state index in [-0.39, 0.29) is 22.9 Å². The van der Waals surface area contributed by atoms with Crippen molar-refractivity contribution in [3.05, 3.63) is 34.9 Å². The highest BCUT2D eigenvalue weighted by Crippen LogP contribution is 2.18. The van der Waals surface area contributed by atoms with E-state index >= 15 is 0 Å². The van der Waals surface area contributed by atoms with Crippen LogP contribution in [0.5, 0.6) is 0 Å². The van der Waals surface area contributed by atoms with Gasteiger partial charge in [0.2, 0.25) is 0 Å². The number of amides is 1. The van der Waals surface area contributed by atoms with Crippen LogP contribution in [0.4, 0.5) is 0 Å². The standard InChI is InChI=1S/C10H11N3O.BrH/c1-12-10(14)6-2-3-7-5-13-9(11)8(7)4-6;/h2-4H,5H2,1H3,(H2,11,13)(H,12,14);1H. The molecule has 0 aromatic heterocycles. The molecule has 1 aromatic rings. The van der Waals surface area contributed by atoms with Crippen LogP contribution in [-0.2, 0) is 6.54 Å². The first-order chi connectivity index (χ1) is 6.72. The number of nitrogens with zero attached hydrogens (tertiary/aromatic N) is 1. The predicted octanol–water partition coefficient (Wildman–Crippen LogP) is 0.843. The summed E-state index contributed by atoms with van der Waals surface area (Å²) in [6.45, 7) is 0.620. The van der Waals surface area contributed by atoms with Crippen LogP contribution in [0, 0.1) is 0 Å². The fourth-order valence-electron chi connectivity index (χ4n) is 1.49. The minimum atomic E-state index is -0.104. The predicted molar refractivity (Wildman–Crippen MR) is 64.6 cm³/mol. The van der Waals surface area contributed by atoms with Crippen LogP contribution >= 0.6 is 17.0 Å². The van der Waals surface area contributed by atoms with Gasteiger partial charge in [0.1, 0.15) is 5.84 Å². The number of carbonyl (C=O) groups excluding carboxylic acids is 1. The number of carbonyl (C=O) groups is 1. The number of nitrogens with two attached hydrogens (primary N) is 1. The first-order valence-corrected chi connectivity index (χ1v) is 4.37. The molecule has 0 spiro atoms. The Bertz CT molecular complexity index is 429. The Labute approximate surface area is 98.3 Å². The number of nitrogens with one attached hydrogen (secondary N) is 1. The molecule has 0 radical (unpaired) electrons. The van der Waals surface area contributed by atoms with Gasteiger partial charge in [0, 0.05) is 18.2 Å². The topological polar surface area (TPSA) is 67.5 Å². The highest BCUT2D eigenvalue weighted by molar-refractivity contribution is 8.93. The van der Waals surface area contributed by atoms with E-state index in [9.17, 15) is 4.79 Å². The van der Waals surface area contributed by atoms with Crippen molar-refractivity contribution in [1.82, 2.24) is 5.32 Å². The molecule has 0 fully saturated rings. The van der Waals surface area contributed by atoms with Gasteiger partial charge in [-0.25, -0.2) is 0 Å². The summed E-state index contributed by atoms with van der Waals surface area (Å²) in [4.78, 5) is 15.4. The van der Waals surface area contributed by atoms with Crippen LogP contribution in [0.2, 0.25) is 0 Å². The Balaban J connectivity index is 0.00000112. The number of halogens is 1. The number of amidine groups is 1. The molecule has 15 heavy (non-hydrogen) atoms. The summed E-state index contributed by atoms with van der Waals surface area (Å²) in [5, 5.41) is 2.57. The zero-order chi connectivity index (χ0) is 10.1. The van der Waals surface area contributed by atoms with Gasteiger partial charge in [-0.3, -0.25) is 9.79 Å². The molecule has 4 nitrogen and oxygen atoms in total. The molecular weight excluding hydrogens is 258 g/mol. The van der Waals surface area contributed by atoms with Gasteiger partial charge in [0.25, 0.3) is 5.91 Å². The summed E-state index contributed by atoms with van der Waals surface area (Å²) >= 11 is 0. The van der Waals surface area contributed by atoms with Gasteiger partial charge in [0.15, 0.2) is 0 Å². The maximum absolute atomic E-state index is 11.3. The summed E-state index contributed by atoms with van der Waals surface area (Å²) in [5.41, 5.74) is 8.25. The number of fused-ring (bicyclic) bond motifs is 1. The summed E-state index contributed by atoms with van der Waals surface area (Å²) in [6.07, 6.45) is 0. The van der Waals surface area contributed by atoms with Gasteiger partial charge in [-0.15, -0.1) is 17.0 Å². The average Bonchev–Trinajstić information content (AvgIpc) is 2.59. The van der Waals surface area contributed by atoms with Crippen LogP contribution in [0.3, 0.4) is 0 Å². The fourth-order valence-corrected chi connectivity index (χ4v) is 1.49. The zero-order valence-electron chi connectivity index (χ0n) is 8.28. The highest BCUT2D eigenvalue weighted by Gasteiger charge is 2.14. The van der Waals surface area contributed by atoms with E-state index in [0.29, 0.717) is 17.9 Å². The minimum absolute atomic E-state index is 0.